The van der Waals surface area contributed by atoms with Crippen LogP contribution >= 0.6 is 0 Å². The summed E-state index contributed by atoms with van der Waals surface area (Å²) in [7, 11) is 0. The Morgan fingerprint density at radius 1 is 0.906 bits per heavy atom. The van der Waals surface area contributed by atoms with Gasteiger partial charge in [-0.15, -0.1) is 0 Å². The summed E-state index contributed by atoms with van der Waals surface area (Å²) in [5.41, 5.74) is 8.31. The molecule has 0 radical (unpaired) electrons. The van der Waals surface area contributed by atoms with Crippen molar-refractivity contribution < 1.29 is 23.9 Å². The maximum atomic E-state index is 12.5. The first-order chi connectivity index (χ1) is 15.5. The van der Waals surface area contributed by atoms with Crippen LogP contribution in [-0.4, -0.2) is 31.0 Å². The topological polar surface area (TPSA) is 108 Å². The molecule has 3 aromatic rings. The number of hydrogen-bond donors (Lipinski definition) is 2. The third kappa shape index (κ3) is 6.18. The van der Waals surface area contributed by atoms with E-state index in [2.05, 4.69) is 5.32 Å². The Hall–Kier alpha value is -4.13. The first-order valence-corrected chi connectivity index (χ1v) is 10.1. The van der Waals surface area contributed by atoms with Gasteiger partial charge in [-0.1, -0.05) is 48.5 Å². The molecule has 0 spiro atoms. The predicted molar refractivity (Wildman–Crippen MR) is 121 cm³/mol. The van der Waals surface area contributed by atoms with Gasteiger partial charge in [-0.05, 0) is 47.9 Å². The Kier molecular flexibility index (Phi) is 7.59. The number of ether oxygens (including phenoxy) is 2. The Balaban J connectivity index is 1.70. The molecule has 164 valence electrons. The van der Waals surface area contributed by atoms with Gasteiger partial charge in [-0.3, -0.25) is 9.59 Å². The van der Waals surface area contributed by atoms with Crippen LogP contribution in [0.3, 0.4) is 0 Å². The fourth-order valence-electron chi connectivity index (χ4n) is 3.08. The summed E-state index contributed by atoms with van der Waals surface area (Å²) in [6.07, 6.45) is 0.135. The summed E-state index contributed by atoms with van der Waals surface area (Å²) in [5, 5.41) is 2.71. The SMILES string of the molecule is CCOC(=O)c1cc(-c2ccccc2)ccc1NC(=O)COc1ccc(CC(N)=O)cc1. The van der Waals surface area contributed by atoms with E-state index < -0.39 is 17.8 Å². The molecule has 0 aliphatic rings. The average Bonchev–Trinajstić information content (AvgIpc) is 2.79. The van der Waals surface area contributed by atoms with Crippen LogP contribution in [0.5, 0.6) is 5.75 Å². The third-order valence-corrected chi connectivity index (χ3v) is 4.57. The van der Waals surface area contributed by atoms with Gasteiger partial charge in [0.05, 0.1) is 24.3 Å². The number of rotatable bonds is 9. The minimum atomic E-state index is -0.522. The second-order valence-electron chi connectivity index (χ2n) is 6.97. The first-order valence-electron chi connectivity index (χ1n) is 10.1. The van der Waals surface area contributed by atoms with Crippen molar-refractivity contribution in [1.29, 1.82) is 0 Å². The number of anilines is 1. The standard InChI is InChI=1S/C25H24N2O5/c1-2-31-25(30)21-15-19(18-6-4-3-5-7-18)10-13-22(21)27-24(29)16-32-20-11-8-17(9-12-20)14-23(26)28/h3-13,15H,2,14,16H2,1H3,(H2,26,28)(H,27,29). The van der Waals surface area contributed by atoms with Crippen LogP contribution in [0.15, 0.2) is 72.8 Å². The number of amides is 2. The monoisotopic (exact) mass is 432 g/mol. The fourth-order valence-corrected chi connectivity index (χ4v) is 3.08. The Morgan fingerprint density at radius 3 is 2.28 bits per heavy atom. The maximum Gasteiger partial charge on any atom is 0.340 e. The van der Waals surface area contributed by atoms with E-state index in [1.54, 1.807) is 43.3 Å². The summed E-state index contributed by atoms with van der Waals surface area (Å²) in [6.45, 7) is 1.69. The van der Waals surface area contributed by atoms with Crippen molar-refractivity contribution >= 4 is 23.5 Å². The molecule has 7 nitrogen and oxygen atoms in total. The minimum absolute atomic E-state index is 0.135. The molecule has 0 aliphatic heterocycles. The lowest BCUT2D eigenvalue weighted by molar-refractivity contribution is -0.118. The normalized spacial score (nSPS) is 10.3. The van der Waals surface area contributed by atoms with Crippen molar-refractivity contribution in [3.8, 4) is 16.9 Å². The molecule has 0 aromatic heterocycles. The fraction of sp³-hybridized carbons (Fsp3) is 0.160. The zero-order valence-corrected chi connectivity index (χ0v) is 17.7. The van der Waals surface area contributed by atoms with Crippen LogP contribution in [0, 0.1) is 0 Å². The van der Waals surface area contributed by atoms with Gasteiger partial charge in [0.2, 0.25) is 5.91 Å². The Morgan fingerprint density at radius 2 is 1.62 bits per heavy atom. The van der Waals surface area contributed by atoms with E-state index in [1.807, 2.05) is 36.4 Å². The second kappa shape index (κ2) is 10.8. The number of nitrogens with two attached hydrogens (primary N) is 1. The van der Waals surface area contributed by atoms with Crippen molar-refractivity contribution in [2.24, 2.45) is 5.73 Å². The first kappa shape index (κ1) is 22.6. The zero-order valence-electron chi connectivity index (χ0n) is 17.7. The molecule has 3 N–H and O–H groups in total. The van der Waals surface area contributed by atoms with Crippen LogP contribution in [0.4, 0.5) is 5.69 Å². The number of carbonyl (C=O) groups is 3. The van der Waals surface area contributed by atoms with Gasteiger partial charge < -0.3 is 20.5 Å². The molecule has 32 heavy (non-hydrogen) atoms. The van der Waals surface area contributed by atoms with Gasteiger partial charge in [0.15, 0.2) is 6.61 Å². The van der Waals surface area contributed by atoms with Crippen molar-refractivity contribution in [3.05, 3.63) is 83.9 Å². The molecule has 0 heterocycles. The van der Waals surface area contributed by atoms with Gasteiger partial charge in [-0.25, -0.2) is 4.79 Å². The van der Waals surface area contributed by atoms with E-state index in [9.17, 15) is 14.4 Å². The molecule has 0 aliphatic carbocycles. The zero-order chi connectivity index (χ0) is 22.9. The van der Waals surface area contributed by atoms with E-state index in [1.165, 1.54) is 0 Å². The molecule has 0 bridgehead atoms. The van der Waals surface area contributed by atoms with Crippen LogP contribution in [0.25, 0.3) is 11.1 Å². The van der Waals surface area contributed by atoms with E-state index in [0.717, 1.165) is 16.7 Å². The minimum Gasteiger partial charge on any atom is -0.484 e. The van der Waals surface area contributed by atoms with Crippen LogP contribution in [-0.2, 0) is 20.7 Å². The van der Waals surface area contributed by atoms with Gasteiger partial charge >= 0.3 is 5.97 Å². The van der Waals surface area contributed by atoms with E-state index in [0.29, 0.717) is 11.4 Å². The molecule has 0 atom stereocenters. The van der Waals surface area contributed by atoms with E-state index >= 15 is 0 Å². The lowest BCUT2D eigenvalue weighted by Crippen LogP contribution is -2.22. The number of carbonyl (C=O) groups excluding carboxylic acids is 3. The smallest absolute Gasteiger partial charge is 0.340 e. The molecular formula is C25H24N2O5. The average molecular weight is 432 g/mol. The molecule has 7 heteroatoms. The molecule has 3 rings (SSSR count). The lowest BCUT2D eigenvalue weighted by atomic mass is 10.0. The highest BCUT2D eigenvalue weighted by molar-refractivity contribution is 6.02. The number of hydrogen-bond acceptors (Lipinski definition) is 5. The number of esters is 1. The maximum absolute atomic E-state index is 12.5. The van der Waals surface area contributed by atoms with Crippen molar-refractivity contribution in [2.75, 3.05) is 18.5 Å². The number of primary amides is 1. The van der Waals surface area contributed by atoms with Gasteiger partial charge in [0.1, 0.15) is 5.75 Å². The van der Waals surface area contributed by atoms with Crippen molar-refractivity contribution in [3.63, 3.8) is 0 Å². The Labute approximate surface area is 186 Å². The predicted octanol–water partition coefficient (Wildman–Crippen LogP) is 3.58. The summed E-state index contributed by atoms with van der Waals surface area (Å²) < 4.78 is 10.7. The summed E-state index contributed by atoms with van der Waals surface area (Å²) >= 11 is 0. The molecule has 0 saturated carbocycles. The molecule has 0 saturated heterocycles. The van der Waals surface area contributed by atoms with Crippen molar-refractivity contribution in [1.82, 2.24) is 0 Å². The number of nitrogens with one attached hydrogen (secondary N) is 1. The highest BCUT2D eigenvalue weighted by Gasteiger charge is 2.16. The van der Waals surface area contributed by atoms with Crippen LogP contribution < -0.4 is 15.8 Å². The largest absolute Gasteiger partial charge is 0.484 e. The second-order valence-corrected chi connectivity index (χ2v) is 6.97. The third-order valence-electron chi connectivity index (χ3n) is 4.57. The van der Waals surface area contributed by atoms with Crippen LogP contribution in [0.2, 0.25) is 0 Å². The Bertz CT molecular complexity index is 1100. The van der Waals surface area contributed by atoms with Crippen molar-refractivity contribution in [2.45, 2.75) is 13.3 Å². The number of benzene rings is 3. The van der Waals surface area contributed by atoms with E-state index in [4.69, 9.17) is 15.2 Å². The summed E-state index contributed by atoms with van der Waals surface area (Å²) in [5.74, 6) is -0.900. The molecular weight excluding hydrogens is 408 g/mol. The highest BCUT2D eigenvalue weighted by atomic mass is 16.5. The highest BCUT2D eigenvalue weighted by Crippen LogP contribution is 2.26. The molecule has 3 aromatic carbocycles. The molecule has 2 amide bonds. The van der Waals surface area contributed by atoms with E-state index in [-0.39, 0.29) is 25.2 Å². The van der Waals surface area contributed by atoms with Gasteiger partial charge in [0.25, 0.3) is 5.91 Å². The van der Waals surface area contributed by atoms with Gasteiger partial charge in [-0.2, -0.15) is 0 Å². The lowest BCUT2D eigenvalue weighted by Gasteiger charge is -2.13. The summed E-state index contributed by atoms with van der Waals surface area (Å²) in [6, 6.07) is 21.5. The van der Waals surface area contributed by atoms with Crippen LogP contribution in [0.1, 0.15) is 22.8 Å². The summed E-state index contributed by atoms with van der Waals surface area (Å²) in [4.78, 5) is 35.9. The quantitative estimate of drug-likeness (QED) is 0.503. The van der Waals surface area contributed by atoms with Gasteiger partial charge in [0, 0.05) is 0 Å². The molecule has 0 fully saturated rings. The molecule has 0 unspecified atom stereocenters.